The fourth-order valence-electron chi connectivity index (χ4n) is 3.47. The number of nitrogens with zero attached hydrogens (tertiary/aromatic N) is 1. The maximum Gasteiger partial charge on any atom is 0.162 e. The van der Waals surface area contributed by atoms with E-state index < -0.39 is 0 Å². The second-order valence-corrected chi connectivity index (χ2v) is 6.76. The van der Waals surface area contributed by atoms with Gasteiger partial charge in [-0.2, -0.15) is 0 Å². The van der Waals surface area contributed by atoms with Crippen LogP contribution in [0.15, 0.2) is 60.7 Å². The molecular weight excluding hydrogens is 296 g/mol. The SMILES string of the molecule is NC1(c2ccccc2)CCN(CCCC(=O)c2ccccc2)CC1. The summed E-state index contributed by atoms with van der Waals surface area (Å²) in [7, 11) is 0. The van der Waals surface area contributed by atoms with Gasteiger partial charge in [-0.1, -0.05) is 60.7 Å². The van der Waals surface area contributed by atoms with E-state index in [1.165, 1.54) is 5.56 Å². The van der Waals surface area contributed by atoms with E-state index >= 15 is 0 Å². The van der Waals surface area contributed by atoms with Crippen molar-refractivity contribution in [3.05, 3.63) is 71.8 Å². The molecule has 0 atom stereocenters. The van der Waals surface area contributed by atoms with Crippen LogP contribution in [0.2, 0.25) is 0 Å². The van der Waals surface area contributed by atoms with Crippen molar-refractivity contribution in [2.45, 2.75) is 31.2 Å². The van der Waals surface area contributed by atoms with Crippen molar-refractivity contribution < 1.29 is 4.79 Å². The zero-order valence-electron chi connectivity index (χ0n) is 14.2. The quantitative estimate of drug-likeness (QED) is 0.827. The van der Waals surface area contributed by atoms with Crippen molar-refractivity contribution in [1.29, 1.82) is 0 Å². The third kappa shape index (κ3) is 4.11. The molecule has 0 aliphatic carbocycles. The number of Topliss-reactive ketones (excluding diaryl/α,β-unsaturated/α-hetero) is 1. The fourth-order valence-corrected chi connectivity index (χ4v) is 3.47. The highest BCUT2D eigenvalue weighted by atomic mass is 16.1. The summed E-state index contributed by atoms with van der Waals surface area (Å²) >= 11 is 0. The molecule has 3 nitrogen and oxygen atoms in total. The molecule has 0 saturated carbocycles. The number of nitrogens with two attached hydrogens (primary N) is 1. The van der Waals surface area contributed by atoms with Crippen LogP contribution in [0, 0.1) is 0 Å². The molecule has 0 radical (unpaired) electrons. The Morgan fingerprint density at radius 1 is 0.958 bits per heavy atom. The van der Waals surface area contributed by atoms with Gasteiger partial charge >= 0.3 is 0 Å². The molecule has 126 valence electrons. The number of likely N-dealkylation sites (tertiary alicyclic amines) is 1. The highest BCUT2D eigenvalue weighted by Gasteiger charge is 2.31. The molecule has 0 unspecified atom stereocenters. The molecule has 0 amide bonds. The van der Waals surface area contributed by atoms with Crippen LogP contribution in [0.25, 0.3) is 0 Å². The van der Waals surface area contributed by atoms with Crippen LogP contribution < -0.4 is 5.73 Å². The molecule has 1 aliphatic rings. The van der Waals surface area contributed by atoms with Crippen LogP contribution in [-0.2, 0) is 5.54 Å². The van der Waals surface area contributed by atoms with Crippen molar-refractivity contribution in [2.75, 3.05) is 19.6 Å². The summed E-state index contributed by atoms with van der Waals surface area (Å²) in [6, 6.07) is 20.0. The van der Waals surface area contributed by atoms with Gasteiger partial charge in [-0.05, 0) is 31.4 Å². The van der Waals surface area contributed by atoms with Crippen LogP contribution in [0.3, 0.4) is 0 Å². The predicted octanol–water partition coefficient (Wildman–Crippen LogP) is 3.60. The predicted molar refractivity (Wildman–Crippen MR) is 98.0 cm³/mol. The van der Waals surface area contributed by atoms with E-state index in [1.54, 1.807) is 0 Å². The van der Waals surface area contributed by atoms with Gasteiger partial charge in [0.25, 0.3) is 0 Å². The minimum absolute atomic E-state index is 0.197. The number of ketones is 1. The van der Waals surface area contributed by atoms with Gasteiger partial charge < -0.3 is 10.6 Å². The summed E-state index contributed by atoms with van der Waals surface area (Å²) in [6.45, 7) is 2.99. The van der Waals surface area contributed by atoms with Crippen molar-refractivity contribution >= 4 is 5.78 Å². The highest BCUT2D eigenvalue weighted by Crippen LogP contribution is 2.30. The number of piperidine rings is 1. The van der Waals surface area contributed by atoms with Gasteiger partial charge in [-0.15, -0.1) is 0 Å². The van der Waals surface area contributed by atoms with Gasteiger partial charge in [0.2, 0.25) is 0 Å². The number of carbonyl (C=O) groups excluding carboxylic acids is 1. The molecule has 3 heteroatoms. The molecule has 0 aromatic heterocycles. The molecule has 2 aromatic rings. The first-order chi connectivity index (χ1) is 11.7. The summed E-state index contributed by atoms with van der Waals surface area (Å²) in [6.07, 6.45) is 3.48. The normalized spacial score (nSPS) is 17.5. The summed E-state index contributed by atoms with van der Waals surface area (Å²) in [5, 5.41) is 0. The molecule has 1 fully saturated rings. The van der Waals surface area contributed by atoms with Gasteiger partial charge in [0.1, 0.15) is 0 Å². The van der Waals surface area contributed by atoms with Crippen LogP contribution in [0.4, 0.5) is 0 Å². The van der Waals surface area contributed by atoms with Crippen molar-refractivity contribution in [3.8, 4) is 0 Å². The Labute approximate surface area is 144 Å². The number of carbonyl (C=O) groups is 1. The Morgan fingerprint density at radius 2 is 1.54 bits per heavy atom. The Hall–Kier alpha value is -1.97. The summed E-state index contributed by atoms with van der Waals surface area (Å²) in [5.41, 5.74) is 8.48. The van der Waals surface area contributed by atoms with E-state index in [-0.39, 0.29) is 11.3 Å². The number of hydrogen-bond donors (Lipinski definition) is 1. The lowest BCUT2D eigenvalue weighted by molar-refractivity contribution is 0.0967. The second kappa shape index (κ2) is 7.73. The summed E-state index contributed by atoms with van der Waals surface area (Å²) < 4.78 is 0. The van der Waals surface area contributed by atoms with Crippen molar-refractivity contribution in [2.24, 2.45) is 5.73 Å². The van der Waals surface area contributed by atoms with Gasteiger partial charge in [-0.25, -0.2) is 0 Å². The fraction of sp³-hybridized carbons (Fsp3) is 0.381. The maximum atomic E-state index is 12.1. The van der Waals surface area contributed by atoms with Gasteiger partial charge in [0, 0.05) is 30.6 Å². The first-order valence-corrected chi connectivity index (χ1v) is 8.82. The molecule has 2 N–H and O–H groups in total. The van der Waals surface area contributed by atoms with E-state index in [9.17, 15) is 4.79 Å². The molecule has 24 heavy (non-hydrogen) atoms. The standard InChI is InChI=1S/C21H26N2O/c22-21(19-10-5-2-6-11-19)13-16-23(17-14-21)15-7-12-20(24)18-8-3-1-4-9-18/h1-6,8-11H,7,12-17,22H2. The largest absolute Gasteiger partial charge is 0.321 e. The van der Waals surface area contributed by atoms with E-state index in [0.717, 1.165) is 44.5 Å². The maximum absolute atomic E-state index is 12.1. The lowest BCUT2D eigenvalue weighted by Gasteiger charge is -2.39. The molecule has 1 heterocycles. The van der Waals surface area contributed by atoms with Gasteiger partial charge in [0.05, 0.1) is 0 Å². The van der Waals surface area contributed by atoms with Crippen LogP contribution in [0.5, 0.6) is 0 Å². The highest BCUT2D eigenvalue weighted by molar-refractivity contribution is 5.95. The topological polar surface area (TPSA) is 46.3 Å². The third-order valence-corrected chi connectivity index (χ3v) is 5.07. The smallest absolute Gasteiger partial charge is 0.162 e. The number of hydrogen-bond acceptors (Lipinski definition) is 3. The van der Waals surface area contributed by atoms with Crippen LogP contribution in [0.1, 0.15) is 41.6 Å². The minimum Gasteiger partial charge on any atom is -0.321 e. The van der Waals surface area contributed by atoms with Crippen LogP contribution >= 0.6 is 0 Å². The monoisotopic (exact) mass is 322 g/mol. The molecule has 1 saturated heterocycles. The van der Waals surface area contributed by atoms with Gasteiger partial charge in [0.15, 0.2) is 5.78 Å². The molecular formula is C21H26N2O. The second-order valence-electron chi connectivity index (χ2n) is 6.76. The number of rotatable bonds is 6. The van der Waals surface area contributed by atoms with E-state index in [4.69, 9.17) is 5.73 Å². The Bertz CT molecular complexity index is 646. The van der Waals surface area contributed by atoms with E-state index in [0.29, 0.717) is 6.42 Å². The molecule has 0 spiro atoms. The lowest BCUT2D eigenvalue weighted by Crippen LogP contribution is -2.48. The minimum atomic E-state index is -0.197. The Kier molecular flexibility index (Phi) is 5.44. The van der Waals surface area contributed by atoms with Crippen LogP contribution in [-0.4, -0.2) is 30.3 Å². The molecule has 3 rings (SSSR count). The summed E-state index contributed by atoms with van der Waals surface area (Å²) in [4.78, 5) is 14.6. The first-order valence-electron chi connectivity index (χ1n) is 8.82. The Morgan fingerprint density at radius 3 is 2.17 bits per heavy atom. The first kappa shape index (κ1) is 16.9. The molecule has 1 aliphatic heterocycles. The molecule has 2 aromatic carbocycles. The molecule has 0 bridgehead atoms. The third-order valence-electron chi connectivity index (χ3n) is 5.07. The van der Waals surface area contributed by atoms with E-state index in [1.807, 2.05) is 36.4 Å². The van der Waals surface area contributed by atoms with Gasteiger partial charge in [-0.3, -0.25) is 4.79 Å². The van der Waals surface area contributed by atoms with Crippen molar-refractivity contribution in [1.82, 2.24) is 4.90 Å². The zero-order valence-corrected chi connectivity index (χ0v) is 14.2. The summed E-state index contributed by atoms with van der Waals surface area (Å²) in [5.74, 6) is 0.241. The lowest BCUT2D eigenvalue weighted by atomic mass is 9.82. The average Bonchev–Trinajstić information content (AvgIpc) is 2.65. The van der Waals surface area contributed by atoms with E-state index in [2.05, 4.69) is 29.2 Å². The number of benzene rings is 2. The Balaban J connectivity index is 1.44. The van der Waals surface area contributed by atoms with Crippen molar-refractivity contribution in [3.63, 3.8) is 0 Å². The zero-order chi connectivity index (χ0) is 16.8. The average molecular weight is 322 g/mol.